The van der Waals surface area contributed by atoms with Gasteiger partial charge in [-0.15, -0.1) is 0 Å². The van der Waals surface area contributed by atoms with Crippen LogP contribution in [-0.4, -0.2) is 39.7 Å². The second-order valence-electron chi connectivity index (χ2n) is 6.57. The van der Waals surface area contributed by atoms with Crippen molar-refractivity contribution in [1.82, 2.24) is 25.3 Å². The molecule has 1 saturated heterocycles. The fraction of sp³-hybridized carbons (Fsp3) is 0.316. The van der Waals surface area contributed by atoms with Gasteiger partial charge in [0.2, 0.25) is 11.7 Å². The van der Waals surface area contributed by atoms with Crippen molar-refractivity contribution in [3.63, 3.8) is 0 Å². The average Bonchev–Trinajstić information content (AvgIpc) is 3.17. The van der Waals surface area contributed by atoms with E-state index in [1.807, 2.05) is 18.3 Å². The van der Waals surface area contributed by atoms with Gasteiger partial charge in [-0.3, -0.25) is 9.88 Å². The Labute approximate surface area is 159 Å². The van der Waals surface area contributed by atoms with Gasteiger partial charge in [0.1, 0.15) is 0 Å². The molecule has 0 spiro atoms. The van der Waals surface area contributed by atoms with Crippen LogP contribution >= 0.6 is 0 Å². The maximum Gasteiger partial charge on any atom is 0.416 e. The van der Waals surface area contributed by atoms with Crippen molar-refractivity contribution in [3.8, 4) is 11.4 Å². The number of benzene rings is 1. The Morgan fingerprint density at radius 1 is 1.21 bits per heavy atom. The lowest BCUT2D eigenvalue weighted by molar-refractivity contribution is -0.137. The van der Waals surface area contributed by atoms with E-state index in [4.69, 9.17) is 4.52 Å². The zero-order valence-corrected chi connectivity index (χ0v) is 14.9. The fourth-order valence-corrected chi connectivity index (χ4v) is 3.28. The minimum atomic E-state index is -4.42. The Morgan fingerprint density at radius 3 is 2.89 bits per heavy atom. The molecule has 6 nitrogen and oxygen atoms in total. The van der Waals surface area contributed by atoms with Crippen molar-refractivity contribution in [2.75, 3.05) is 19.6 Å². The molecule has 3 heterocycles. The average molecular weight is 389 g/mol. The molecule has 1 fully saturated rings. The van der Waals surface area contributed by atoms with Crippen molar-refractivity contribution in [2.24, 2.45) is 0 Å². The van der Waals surface area contributed by atoms with Crippen LogP contribution in [-0.2, 0) is 12.7 Å². The molecular formula is C19H18F3N5O. The van der Waals surface area contributed by atoms with Crippen LogP contribution in [0.5, 0.6) is 0 Å². The van der Waals surface area contributed by atoms with Gasteiger partial charge in [0, 0.05) is 43.6 Å². The highest BCUT2D eigenvalue weighted by Gasteiger charge is 2.31. The van der Waals surface area contributed by atoms with E-state index in [1.54, 1.807) is 6.20 Å². The van der Waals surface area contributed by atoms with Crippen molar-refractivity contribution in [2.45, 2.75) is 18.8 Å². The smallest absolute Gasteiger partial charge is 0.338 e. The maximum atomic E-state index is 12.9. The molecule has 1 aliphatic heterocycles. The first-order valence-electron chi connectivity index (χ1n) is 8.85. The molecule has 0 radical (unpaired) electrons. The third-order valence-electron chi connectivity index (χ3n) is 4.68. The Balaban J connectivity index is 1.53. The first-order chi connectivity index (χ1) is 13.5. The molecule has 1 atom stereocenters. The summed E-state index contributed by atoms with van der Waals surface area (Å²) >= 11 is 0. The van der Waals surface area contributed by atoms with Crippen LogP contribution in [0, 0.1) is 0 Å². The Bertz CT molecular complexity index is 929. The zero-order chi connectivity index (χ0) is 19.6. The third-order valence-corrected chi connectivity index (χ3v) is 4.68. The van der Waals surface area contributed by atoms with Gasteiger partial charge in [-0.2, -0.15) is 18.2 Å². The fourth-order valence-electron chi connectivity index (χ4n) is 3.28. The van der Waals surface area contributed by atoms with Gasteiger partial charge in [-0.1, -0.05) is 23.4 Å². The van der Waals surface area contributed by atoms with Crippen LogP contribution in [0.4, 0.5) is 13.2 Å². The molecule has 0 saturated carbocycles. The number of nitrogens with zero attached hydrogens (tertiary/aromatic N) is 4. The van der Waals surface area contributed by atoms with Crippen molar-refractivity contribution >= 4 is 0 Å². The summed E-state index contributed by atoms with van der Waals surface area (Å²) in [5.41, 5.74) is 0.608. The number of hydrogen-bond donors (Lipinski definition) is 1. The summed E-state index contributed by atoms with van der Waals surface area (Å²) < 4.78 is 44.1. The molecule has 2 aromatic heterocycles. The van der Waals surface area contributed by atoms with Gasteiger partial charge in [0.15, 0.2) is 0 Å². The van der Waals surface area contributed by atoms with Gasteiger partial charge < -0.3 is 9.84 Å². The molecule has 0 bridgehead atoms. The van der Waals surface area contributed by atoms with Crippen LogP contribution in [0.2, 0.25) is 0 Å². The number of pyridine rings is 1. The summed E-state index contributed by atoms with van der Waals surface area (Å²) in [5, 5.41) is 7.22. The van der Waals surface area contributed by atoms with Crippen LogP contribution in [0.25, 0.3) is 11.4 Å². The minimum Gasteiger partial charge on any atom is -0.338 e. The summed E-state index contributed by atoms with van der Waals surface area (Å²) in [4.78, 5) is 10.7. The standard InChI is InChI=1S/C19H18F3N5O/c20-19(21,22)15-5-1-3-13(9-15)18-25-17(28-26-18)12-27-8-7-24-11-16(27)14-4-2-6-23-10-14/h1-6,9-10,16,24H,7-8,11-12H2. The van der Waals surface area contributed by atoms with Crippen LogP contribution in [0.1, 0.15) is 23.1 Å². The van der Waals surface area contributed by atoms with Crippen LogP contribution in [0.15, 0.2) is 53.3 Å². The van der Waals surface area contributed by atoms with E-state index in [-0.39, 0.29) is 17.4 Å². The second-order valence-corrected chi connectivity index (χ2v) is 6.57. The van der Waals surface area contributed by atoms with E-state index in [0.717, 1.165) is 37.3 Å². The SMILES string of the molecule is FC(F)(F)c1cccc(-c2noc(CN3CCNCC3c3cccnc3)n2)c1. The van der Waals surface area contributed by atoms with Crippen molar-refractivity contribution in [1.29, 1.82) is 0 Å². The van der Waals surface area contributed by atoms with E-state index in [2.05, 4.69) is 25.3 Å². The number of alkyl halides is 3. The number of rotatable bonds is 4. The number of piperazine rings is 1. The molecular weight excluding hydrogens is 371 g/mol. The molecule has 146 valence electrons. The van der Waals surface area contributed by atoms with Gasteiger partial charge in [0.25, 0.3) is 0 Å². The molecule has 1 N–H and O–H groups in total. The third kappa shape index (κ3) is 4.05. The second kappa shape index (κ2) is 7.69. The van der Waals surface area contributed by atoms with Gasteiger partial charge >= 0.3 is 6.18 Å². The quantitative estimate of drug-likeness (QED) is 0.739. The summed E-state index contributed by atoms with van der Waals surface area (Å²) in [6.07, 6.45) is -0.865. The highest BCUT2D eigenvalue weighted by molar-refractivity contribution is 5.55. The summed E-state index contributed by atoms with van der Waals surface area (Å²) in [6, 6.07) is 8.92. The lowest BCUT2D eigenvalue weighted by atomic mass is 10.1. The maximum absolute atomic E-state index is 12.9. The number of aromatic nitrogens is 3. The first-order valence-corrected chi connectivity index (χ1v) is 8.85. The van der Waals surface area contributed by atoms with E-state index < -0.39 is 11.7 Å². The Morgan fingerprint density at radius 2 is 2.11 bits per heavy atom. The van der Waals surface area contributed by atoms with Gasteiger partial charge in [-0.25, -0.2) is 0 Å². The van der Waals surface area contributed by atoms with Gasteiger partial charge in [-0.05, 0) is 23.8 Å². The molecule has 0 aliphatic carbocycles. The predicted octanol–water partition coefficient (Wildman–Crippen LogP) is 3.30. The van der Waals surface area contributed by atoms with Crippen molar-refractivity contribution in [3.05, 3.63) is 65.8 Å². The Hall–Kier alpha value is -2.78. The number of nitrogens with one attached hydrogen (secondary N) is 1. The largest absolute Gasteiger partial charge is 0.416 e. The first kappa shape index (κ1) is 18.6. The molecule has 0 amide bonds. The molecule has 3 aromatic rings. The van der Waals surface area contributed by atoms with E-state index in [0.29, 0.717) is 12.4 Å². The summed E-state index contributed by atoms with van der Waals surface area (Å²) in [5.74, 6) is 0.511. The molecule has 1 aromatic carbocycles. The molecule has 4 rings (SSSR count). The lowest BCUT2D eigenvalue weighted by Gasteiger charge is -2.35. The van der Waals surface area contributed by atoms with Gasteiger partial charge in [0.05, 0.1) is 12.1 Å². The normalized spacial score (nSPS) is 18.3. The van der Waals surface area contributed by atoms with E-state index in [9.17, 15) is 13.2 Å². The van der Waals surface area contributed by atoms with Crippen molar-refractivity contribution < 1.29 is 17.7 Å². The zero-order valence-electron chi connectivity index (χ0n) is 14.9. The Kier molecular flexibility index (Phi) is 5.10. The molecule has 9 heteroatoms. The van der Waals surface area contributed by atoms with Crippen LogP contribution < -0.4 is 5.32 Å². The molecule has 1 aliphatic rings. The highest BCUT2D eigenvalue weighted by Crippen LogP contribution is 2.31. The number of halogens is 3. The predicted molar refractivity (Wildman–Crippen MR) is 95.0 cm³/mol. The topological polar surface area (TPSA) is 67.1 Å². The van der Waals surface area contributed by atoms with Crippen LogP contribution in [0.3, 0.4) is 0 Å². The van der Waals surface area contributed by atoms with E-state index in [1.165, 1.54) is 12.1 Å². The lowest BCUT2D eigenvalue weighted by Crippen LogP contribution is -2.45. The molecule has 28 heavy (non-hydrogen) atoms. The molecule has 1 unspecified atom stereocenters. The van der Waals surface area contributed by atoms with E-state index >= 15 is 0 Å². The highest BCUT2D eigenvalue weighted by atomic mass is 19.4. The summed E-state index contributed by atoms with van der Waals surface area (Å²) in [7, 11) is 0. The monoisotopic (exact) mass is 389 g/mol. The minimum absolute atomic E-state index is 0.103. The summed E-state index contributed by atoms with van der Waals surface area (Å²) in [6.45, 7) is 2.78. The number of hydrogen-bond acceptors (Lipinski definition) is 6.